The molecular weight excluding hydrogens is 276 g/mol. The Bertz CT molecular complexity index is 513. The maximum absolute atomic E-state index is 11.6. The molecule has 1 unspecified atom stereocenters. The fourth-order valence-corrected chi connectivity index (χ4v) is 2.79. The van der Waals surface area contributed by atoms with Crippen LogP contribution in [0.5, 0.6) is 0 Å². The second-order valence-electron chi connectivity index (χ2n) is 5.85. The molecule has 1 amide bonds. The fourth-order valence-electron chi connectivity index (χ4n) is 2.79. The normalized spacial score (nSPS) is 18.4. The highest BCUT2D eigenvalue weighted by Gasteiger charge is 2.25. The molecule has 5 heteroatoms. The van der Waals surface area contributed by atoms with E-state index < -0.39 is 0 Å². The van der Waals surface area contributed by atoms with Crippen LogP contribution in [0.2, 0.25) is 0 Å². The van der Waals surface area contributed by atoms with E-state index in [0.717, 1.165) is 25.5 Å². The monoisotopic (exact) mass is 302 g/mol. The molecule has 0 radical (unpaired) electrons. The lowest BCUT2D eigenvalue weighted by molar-refractivity contribution is -0.128. The van der Waals surface area contributed by atoms with Crippen molar-refractivity contribution < 1.29 is 4.79 Å². The number of likely N-dealkylation sites (tertiary alicyclic amines) is 1. The minimum Gasteiger partial charge on any atom is -0.356 e. The number of carbonyl (C=O) groups is 1. The Labute approximate surface area is 133 Å². The van der Waals surface area contributed by atoms with Crippen LogP contribution in [-0.2, 0) is 4.79 Å². The Hall–Kier alpha value is -2.04. The van der Waals surface area contributed by atoms with Gasteiger partial charge in [0.15, 0.2) is 5.96 Å². The second-order valence-corrected chi connectivity index (χ2v) is 5.85. The minimum atomic E-state index is 0.131. The largest absolute Gasteiger partial charge is 0.356 e. The number of aliphatic imine (C=N–C) groups is 1. The summed E-state index contributed by atoms with van der Waals surface area (Å²) in [4.78, 5) is 19.8. The Morgan fingerprint density at radius 1 is 1.36 bits per heavy atom. The number of hydrogen-bond donors (Lipinski definition) is 1. The first kappa shape index (κ1) is 16.3. The fraction of sp³-hybridized carbons (Fsp3) is 0.529. The molecule has 1 aliphatic rings. The van der Waals surface area contributed by atoms with Gasteiger partial charge in [0.25, 0.3) is 0 Å². The molecule has 120 valence electrons. The molecule has 0 aliphatic carbocycles. The van der Waals surface area contributed by atoms with E-state index in [2.05, 4.69) is 45.5 Å². The first-order valence-electron chi connectivity index (χ1n) is 7.82. The molecule has 1 aromatic rings. The Morgan fingerprint density at radius 3 is 2.73 bits per heavy atom. The van der Waals surface area contributed by atoms with Crippen LogP contribution < -0.4 is 5.32 Å². The smallest absolute Gasteiger partial charge is 0.223 e. The quantitative estimate of drug-likeness (QED) is 0.678. The first-order chi connectivity index (χ1) is 10.6. The van der Waals surface area contributed by atoms with Crippen LogP contribution in [0.4, 0.5) is 0 Å². The molecular formula is C17H26N4O. The van der Waals surface area contributed by atoms with Crippen LogP contribution >= 0.6 is 0 Å². The van der Waals surface area contributed by atoms with Crippen LogP contribution in [0, 0.1) is 0 Å². The van der Waals surface area contributed by atoms with Crippen LogP contribution in [0.1, 0.15) is 24.3 Å². The van der Waals surface area contributed by atoms with Gasteiger partial charge in [0.1, 0.15) is 0 Å². The van der Waals surface area contributed by atoms with Gasteiger partial charge in [-0.05, 0) is 12.0 Å². The van der Waals surface area contributed by atoms with Crippen LogP contribution in [0.15, 0.2) is 35.3 Å². The van der Waals surface area contributed by atoms with Crippen molar-refractivity contribution in [1.82, 2.24) is 15.1 Å². The lowest BCUT2D eigenvalue weighted by Gasteiger charge is -2.22. The average molecular weight is 302 g/mol. The van der Waals surface area contributed by atoms with Crippen molar-refractivity contribution in [3.8, 4) is 0 Å². The van der Waals surface area contributed by atoms with Crippen LogP contribution in [-0.4, -0.2) is 62.4 Å². The number of rotatable bonds is 4. The van der Waals surface area contributed by atoms with Crippen LogP contribution in [0.3, 0.4) is 0 Å². The third-order valence-electron chi connectivity index (χ3n) is 4.09. The summed E-state index contributed by atoms with van der Waals surface area (Å²) in [5.41, 5.74) is 1.39. The SMILES string of the molecule is CN=C(NCCC(=O)N(C)C)N1CCC(c2ccccc2)C1. The molecule has 1 aromatic carbocycles. The van der Waals surface area contributed by atoms with Gasteiger partial charge in [0.05, 0.1) is 0 Å². The highest BCUT2D eigenvalue weighted by atomic mass is 16.2. The molecule has 0 spiro atoms. The van der Waals surface area contributed by atoms with Crippen molar-refractivity contribution >= 4 is 11.9 Å². The molecule has 1 aliphatic heterocycles. The number of amides is 1. The molecule has 1 fully saturated rings. The van der Waals surface area contributed by atoms with Gasteiger partial charge in [0.2, 0.25) is 5.91 Å². The number of guanidine groups is 1. The maximum atomic E-state index is 11.6. The lowest BCUT2D eigenvalue weighted by Crippen LogP contribution is -2.41. The summed E-state index contributed by atoms with van der Waals surface area (Å²) in [7, 11) is 5.36. The van der Waals surface area contributed by atoms with Gasteiger partial charge in [-0.1, -0.05) is 30.3 Å². The van der Waals surface area contributed by atoms with Gasteiger partial charge in [-0.3, -0.25) is 9.79 Å². The first-order valence-corrected chi connectivity index (χ1v) is 7.82. The topological polar surface area (TPSA) is 47.9 Å². The van der Waals surface area contributed by atoms with E-state index in [4.69, 9.17) is 0 Å². The number of nitrogens with zero attached hydrogens (tertiary/aromatic N) is 3. The summed E-state index contributed by atoms with van der Waals surface area (Å²) in [5, 5.41) is 3.30. The van der Waals surface area contributed by atoms with E-state index in [9.17, 15) is 4.79 Å². The molecule has 0 saturated carbocycles. The Balaban J connectivity index is 1.84. The summed E-state index contributed by atoms with van der Waals surface area (Å²) in [6.45, 7) is 2.60. The van der Waals surface area contributed by atoms with Crippen molar-refractivity contribution in [2.45, 2.75) is 18.8 Å². The third-order valence-corrected chi connectivity index (χ3v) is 4.09. The van der Waals surface area contributed by atoms with E-state index in [1.54, 1.807) is 26.0 Å². The Kier molecular flexibility index (Phi) is 5.81. The predicted octanol–water partition coefficient (Wildman–Crippen LogP) is 1.53. The maximum Gasteiger partial charge on any atom is 0.223 e. The van der Waals surface area contributed by atoms with E-state index in [0.29, 0.717) is 18.9 Å². The van der Waals surface area contributed by atoms with E-state index >= 15 is 0 Å². The lowest BCUT2D eigenvalue weighted by atomic mass is 9.99. The Morgan fingerprint density at radius 2 is 2.09 bits per heavy atom. The highest BCUT2D eigenvalue weighted by Crippen LogP contribution is 2.26. The summed E-state index contributed by atoms with van der Waals surface area (Å²) in [6, 6.07) is 10.6. The molecule has 1 N–H and O–H groups in total. The third kappa shape index (κ3) is 4.23. The van der Waals surface area contributed by atoms with Gasteiger partial charge in [0, 0.05) is 53.1 Å². The summed E-state index contributed by atoms with van der Waals surface area (Å²) < 4.78 is 0. The van der Waals surface area contributed by atoms with Gasteiger partial charge in [-0.25, -0.2) is 0 Å². The van der Waals surface area contributed by atoms with Crippen molar-refractivity contribution in [1.29, 1.82) is 0 Å². The van der Waals surface area contributed by atoms with Crippen molar-refractivity contribution in [3.63, 3.8) is 0 Å². The summed E-state index contributed by atoms with van der Waals surface area (Å²) in [6.07, 6.45) is 1.63. The predicted molar refractivity (Wildman–Crippen MR) is 90.0 cm³/mol. The standard InChI is InChI=1S/C17H26N4O/c1-18-17(19-11-9-16(22)20(2)3)21-12-10-15(13-21)14-7-5-4-6-8-14/h4-8,15H,9-13H2,1-3H3,(H,18,19). The summed E-state index contributed by atoms with van der Waals surface area (Å²) >= 11 is 0. The van der Waals surface area contributed by atoms with Crippen LogP contribution in [0.25, 0.3) is 0 Å². The number of benzene rings is 1. The highest BCUT2D eigenvalue weighted by molar-refractivity contribution is 5.81. The van der Waals surface area contributed by atoms with E-state index in [1.165, 1.54) is 5.56 Å². The van der Waals surface area contributed by atoms with Crippen molar-refractivity contribution in [2.75, 3.05) is 40.8 Å². The van der Waals surface area contributed by atoms with Gasteiger partial charge in [-0.2, -0.15) is 0 Å². The summed E-state index contributed by atoms with van der Waals surface area (Å²) in [5.74, 6) is 1.58. The zero-order valence-electron chi connectivity index (χ0n) is 13.7. The molecule has 1 saturated heterocycles. The average Bonchev–Trinajstić information content (AvgIpc) is 3.02. The molecule has 22 heavy (non-hydrogen) atoms. The number of nitrogens with one attached hydrogen (secondary N) is 1. The van der Waals surface area contributed by atoms with Gasteiger partial charge >= 0.3 is 0 Å². The van der Waals surface area contributed by atoms with Crippen molar-refractivity contribution in [3.05, 3.63) is 35.9 Å². The second kappa shape index (κ2) is 7.82. The molecule has 1 heterocycles. The number of hydrogen-bond acceptors (Lipinski definition) is 2. The molecule has 1 atom stereocenters. The molecule has 2 rings (SSSR count). The molecule has 0 aromatic heterocycles. The minimum absolute atomic E-state index is 0.131. The van der Waals surface area contributed by atoms with Gasteiger partial charge < -0.3 is 15.1 Å². The molecule has 5 nitrogen and oxygen atoms in total. The zero-order valence-corrected chi connectivity index (χ0v) is 13.7. The van der Waals surface area contributed by atoms with Gasteiger partial charge in [-0.15, -0.1) is 0 Å². The zero-order chi connectivity index (χ0) is 15.9. The van der Waals surface area contributed by atoms with Crippen molar-refractivity contribution in [2.24, 2.45) is 4.99 Å². The number of carbonyl (C=O) groups excluding carboxylic acids is 1. The van der Waals surface area contributed by atoms with E-state index in [-0.39, 0.29) is 5.91 Å². The molecule has 0 bridgehead atoms. The van der Waals surface area contributed by atoms with E-state index in [1.807, 2.05) is 0 Å².